The average molecular weight is 295 g/mol. The Bertz CT molecular complexity index is 633. The lowest BCUT2D eigenvalue weighted by molar-refractivity contribution is 0.100. The highest BCUT2D eigenvalue weighted by molar-refractivity contribution is 7.90. The number of benzene rings is 1. The largest absolute Gasteiger partial charge is 0.276 e. The topological polar surface area (TPSA) is 63.6 Å². The van der Waals surface area contributed by atoms with Crippen molar-refractivity contribution in [2.45, 2.75) is 44.4 Å². The fourth-order valence-electron chi connectivity index (χ4n) is 2.33. The maximum absolute atomic E-state index is 12.2. The van der Waals surface area contributed by atoms with Crippen LogP contribution in [0, 0.1) is 0 Å². The molecule has 0 spiro atoms. The molecule has 4 nitrogen and oxygen atoms in total. The van der Waals surface area contributed by atoms with E-state index in [9.17, 15) is 13.2 Å². The van der Waals surface area contributed by atoms with Gasteiger partial charge in [-0.1, -0.05) is 26.8 Å². The summed E-state index contributed by atoms with van der Waals surface area (Å²) in [5.74, 6) is -0.367. The van der Waals surface area contributed by atoms with Gasteiger partial charge < -0.3 is 0 Å². The minimum atomic E-state index is -3.41. The Morgan fingerprint density at radius 2 is 1.95 bits per heavy atom. The second-order valence-corrected chi connectivity index (χ2v) is 6.86. The van der Waals surface area contributed by atoms with Gasteiger partial charge in [-0.15, -0.1) is 0 Å². The maximum Gasteiger partial charge on any atom is 0.276 e. The highest BCUT2D eigenvalue weighted by Crippen LogP contribution is 2.32. The van der Waals surface area contributed by atoms with Gasteiger partial charge in [-0.05, 0) is 42.7 Å². The van der Waals surface area contributed by atoms with Crippen molar-refractivity contribution in [3.05, 3.63) is 28.8 Å². The van der Waals surface area contributed by atoms with Crippen molar-refractivity contribution in [1.29, 1.82) is 0 Å². The van der Waals surface area contributed by atoms with Gasteiger partial charge in [0.1, 0.15) is 0 Å². The molecule has 1 atom stereocenters. The maximum atomic E-state index is 12.2. The first kappa shape index (κ1) is 16.6. The molecule has 1 aromatic carbocycles. The summed E-state index contributed by atoms with van der Waals surface area (Å²) in [7, 11) is -3.41. The summed E-state index contributed by atoms with van der Waals surface area (Å²) in [6.07, 6.45) is 2.48. The summed E-state index contributed by atoms with van der Waals surface area (Å²) < 4.78 is 24.3. The van der Waals surface area contributed by atoms with Crippen LogP contribution < -0.4 is 0 Å². The van der Waals surface area contributed by atoms with Gasteiger partial charge in [-0.2, -0.15) is 0 Å². The smallest absolute Gasteiger partial charge is 0.267 e. The average Bonchev–Trinajstić information content (AvgIpc) is 2.42. The molecule has 1 aromatic rings. The van der Waals surface area contributed by atoms with Crippen LogP contribution in [0.2, 0.25) is 0 Å². The second-order valence-electron chi connectivity index (χ2n) is 4.91. The quantitative estimate of drug-likeness (QED) is 0.784. The van der Waals surface area contributed by atoms with Crippen LogP contribution in [0.3, 0.4) is 0 Å². The Labute approximate surface area is 120 Å². The Balaban J connectivity index is 3.78. The van der Waals surface area contributed by atoms with Crippen LogP contribution >= 0.6 is 0 Å². The third-order valence-corrected chi connectivity index (χ3v) is 4.76. The second kappa shape index (κ2) is 6.31. The summed E-state index contributed by atoms with van der Waals surface area (Å²) in [5, 5.41) is 0. The molecule has 110 valence electrons. The Morgan fingerprint density at radius 3 is 2.35 bits per heavy atom. The normalized spacial score (nSPS) is 13.0. The van der Waals surface area contributed by atoms with Crippen LogP contribution in [0.25, 0.3) is 0 Å². The third kappa shape index (κ3) is 3.15. The van der Waals surface area contributed by atoms with Crippen LogP contribution in [-0.4, -0.2) is 27.3 Å². The molecule has 0 aliphatic carbocycles. The molecule has 1 amide bonds. The van der Waals surface area contributed by atoms with Crippen molar-refractivity contribution in [1.82, 2.24) is 0 Å². The number of hydrogen-bond acceptors (Lipinski definition) is 3. The van der Waals surface area contributed by atoms with E-state index < -0.39 is 15.7 Å². The lowest BCUT2D eigenvalue weighted by Crippen LogP contribution is -2.13. The molecule has 5 heteroatoms. The van der Waals surface area contributed by atoms with Gasteiger partial charge in [0.05, 0.1) is 4.90 Å². The fraction of sp³-hybridized carbons (Fsp3) is 0.467. The molecule has 0 bridgehead atoms. The molecule has 0 heterocycles. The summed E-state index contributed by atoms with van der Waals surface area (Å²) in [4.78, 5) is 15.5. The molecular formula is C15H21NO3S. The Hall–Kier alpha value is -1.49. The van der Waals surface area contributed by atoms with Crippen molar-refractivity contribution in [2.75, 3.05) is 6.26 Å². The number of amides is 1. The highest BCUT2D eigenvalue weighted by Gasteiger charge is 2.24. The molecule has 0 saturated heterocycles. The molecule has 0 N–H and O–H groups in total. The third-order valence-electron chi connectivity index (χ3n) is 3.53. The van der Waals surface area contributed by atoms with Crippen molar-refractivity contribution >= 4 is 22.5 Å². The molecule has 0 saturated carbocycles. The van der Waals surface area contributed by atoms with Gasteiger partial charge in [0.25, 0.3) is 5.91 Å². The molecule has 0 aliphatic rings. The van der Waals surface area contributed by atoms with E-state index in [1.165, 1.54) is 6.26 Å². The zero-order chi connectivity index (χ0) is 15.5. The van der Waals surface area contributed by atoms with Crippen LogP contribution in [0.1, 0.15) is 54.6 Å². The first-order chi connectivity index (χ1) is 9.27. The number of nitrogens with zero attached hydrogens (tertiary/aromatic N) is 1. The molecule has 1 unspecified atom stereocenters. The SMILES string of the molecule is C=NC(=O)c1ccc(C(C)CC)c(S(C)(=O)=O)c1CC. The number of hydrogen-bond donors (Lipinski definition) is 0. The van der Waals surface area contributed by atoms with Gasteiger partial charge in [-0.25, -0.2) is 13.4 Å². The van der Waals surface area contributed by atoms with E-state index in [2.05, 4.69) is 11.7 Å². The molecule has 0 aliphatic heterocycles. The fourth-order valence-corrected chi connectivity index (χ4v) is 3.73. The Kier molecular flexibility index (Phi) is 5.22. The van der Waals surface area contributed by atoms with E-state index in [4.69, 9.17) is 0 Å². The monoisotopic (exact) mass is 295 g/mol. The first-order valence-electron chi connectivity index (χ1n) is 6.64. The summed E-state index contributed by atoms with van der Waals surface area (Å²) in [6, 6.07) is 3.38. The lowest BCUT2D eigenvalue weighted by Gasteiger charge is -2.19. The van der Waals surface area contributed by atoms with E-state index in [0.717, 1.165) is 12.0 Å². The number of sulfone groups is 1. The Morgan fingerprint density at radius 1 is 1.35 bits per heavy atom. The number of carbonyl (C=O) groups is 1. The van der Waals surface area contributed by atoms with E-state index in [1.54, 1.807) is 12.1 Å². The van der Waals surface area contributed by atoms with E-state index in [0.29, 0.717) is 17.5 Å². The summed E-state index contributed by atoms with van der Waals surface area (Å²) >= 11 is 0. The first-order valence-corrected chi connectivity index (χ1v) is 8.53. The van der Waals surface area contributed by atoms with Crippen LogP contribution in [0.15, 0.2) is 22.0 Å². The standard InChI is InChI=1S/C15H21NO3S/c1-6-10(3)12-8-9-13(15(17)16-4)11(7-2)14(12)20(5,18)19/h8-10H,4,6-7H2,1-3,5H3. The molecule has 0 fully saturated rings. The van der Waals surface area contributed by atoms with Gasteiger partial charge in [0.2, 0.25) is 0 Å². The van der Waals surface area contributed by atoms with Gasteiger partial charge in [-0.3, -0.25) is 4.79 Å². The molecule has 20 heavy (non-hydrogen) atoms. The van der Waals surface area contributed by atoms with Crippen molar-refractivity contribution in [3.8, 4) is 0 Å². The van der Waals surface area contributed by atoms with Gasteiger partial charge in [0.15, 0.2) is 9.84 Å². The highest BCUT2D eigenvalue weighted by atomic mass is 32.2. The van der Waals surface area contributed by atoms with Crippen LogP contribution in [-0.2, 0) is 16.3 Å². The molecule has 0 radical (unpaired) electrons. The molecular weight excluding hydrogens is 274 g/mol. The van der Waals surface area contributed by atoms with E-state index >= 15 is 0 Å². The van der Waals surface area contributed by atoms with E-state index in [-0.39, 0.29) is 10.8 Å². The summed E-state index contributed by atoms with van der Waals surface area (Å²) in [5.41, 5.74) is 1.64. The predicted molar refractivity (Wildman–Crippen MR) is 81.5 cm³/mol. The van der Waals surface area contributed by atoms with Crippen LogP contribution in [0.4, 0.5) is 0 Å². The van der Waals surface area contributed by atoms with Crippen molar-refractivity contribution < 1.29 is 13.2 Å². The molecule has 1 rings (SSSR count). The zero-order valence-electron chi connectivity index (χ0n) is 12.4. The number of rotatable bonds is 5. The molecule has 0 aromatic heterocycles. The van der Waals surface area contributed by atoms with Crippen molar-refractivity contribution in [2.24, 2.45) is 4.99 Å². The van der Waals surface area contributed by atoms with E-state index in [1.807, 2.05) is 20.8 Å². The number of carbonyl (C=O) groups excluding carboxylic acids is 1. The van der Waals surface area contributed by atoms with Crippen molar-refractivity contribution in [3.63, 3.8) is 0 Å². The van der Waals surface area contributed by atoms with Crippen LogP contribution in [0.5, 0.6) is 0 Å². The lowest BCUT2D eigenvalue weighted by atomic mass is 9.93. The summed E-state index contributed by atoms with van der Waals surface area (Å²) in [6.45, 7) is 9.06. The minimum absolute atomic E-state index is 0.117. The van der Waals surface area contributed by atoms with Gasteiger partial charge in [0, 0.05) is 11.8 Å². The predicted octanol–water partition coefficient (Wildman–Crippen LogP) is 3.01. The zero-order valence-corrected chi connectivity index (χ0v) is 13.3. The number of aliphatic imine (C=N–C) groups is 1. The van der Waals surface area contributed by atoms with Gasteiger partial charge >= 0.3 is 0 Å². The minimum Gasteiger partial charge on any atom is -0.267 e.